The maximum Gasteiger partial charge on any atom is 0.243 e. The lowest BCUT2D eigenvalue weighted by Crippen LogP contribution is -2.39. The largest absolute Gasteiger partial charge is 0.349 e. The summed E-state index contributed by atoms with van der Waals surface area (Å²) in [6.45, 7) is 1.26. The summed E-state index contributed by atoms with van der Waals surface area (Å²) < 4.78 is 0. The quantitative estimate of drug-likeness (QED) is 0.718. The third kappa shape index (κ3) is 4.13. The average molecular weight is 363 g/mol. The van der Waals surface area contributed by atoms with E-state index in [2.05, 4.69) is 27.6 Å². The molecule has 1 saturated heterocycles. The van der Waals surface area contributed by atoms with Crippen molar-refractivity contribution in [2.75, 3.05) is 13.1 Å². The van der Waals surface area contributed by atoms with Crippen LogP contribution in [0.1, 0.15) is 12.0 Å². The molecule has 1 fully saturated rings. The van der Waals surface area contributed by atoms with Gasteiger partial charge in [-0.15, -0.1) is 0 Å². The van der Waals surface area contributed by atoms with E-state index in [4.69, 9.17) is 0 Å². The highest BCUT2D eigenvalue weighted by Gasteiger charge is 2.30. The van der Waals surface area contributed by atoms with Crippen molar-refractivity contribution in [3.05, 3.63) is 60.2 Å². The molecule has 0 saturated carbocycles. The molecular formula is C20H21N5O2. The monoisotopic (exact) mass is 363 g/mol. The highest BCUT2D eigenvalue weighted by atomic mass is 16.2. The van der Waals surface area contributed by atoms with Crippen molar-refractivity contribution < 1.29 is 9.59 Å². The standard InChI is InChI=1S/C20H21N5O2/c26-19(14-25-22-17-8-4-5-9-18(17)23-25)21-16-12-20(27)24(13-16)11-10-15-6-2-1-3-7-15/h1-9,16H,10-14H2,(H,21,26). The SMILES string of the molecule is O=C(Cn1nc2ccccc2n1)NC1CC(=O)N(CCc2ccccc2)C1. The maximum atomic E-state index is 12.3. The first kappa shape index (κ1) is 17.2. The second kappa shape index (κ2) is 7.57. The van der Waals surface area contributed by atoms with Crippen molar-refractivity contribution in [3.63, 3.8) is 0 Å². The van der Waals surface area contributed by atoms with Gasteiger partial charge in [0.1, 0.15) is 17.6 Å². The molecule has 2 aromatic carbocycles. The normalized spacial score (nSPS) is 16.8. The van der Waals surface area contributed by atoms with Crippen LogP contribution in [0, 0.1) is 0 Å². The van der Waals surface area contributed by atoms with E-state index in [1.807, 2.05) is 47.4 Å². The summed E-state index contributed by atoms with van der Waals surface area (Å²) in [5, 5.41) is 11.5. The number of hydrogen-bond acceptors (Lipinski definition) is 4. The minimum atomic E-state index is -0.182. The molecule has 1 unspecified atom stereocenters. The molecule has 0 aliphatic carbocycles. The molecule has 2 heterocycles. The molecule has 3 aromatic rings. The number of amides is 2. The predicted molar refractivity (Wildman–Crippen MR) is 101 cm³/mol. The Labute approximate surface area is 157 Å². The first-order valence-corrected chi connectivity index (χ1v) is 9.08. The summed E-state index contributed by atoms with van der Waals surface area (Å²) in [5.74, 6) is -0.0998. The Balaban J connectivity index is 1.29. The van der Waals surface area contributed by atoms with Crippen LogP contribution < -0.4 is 5.32 Å². The molecule has 27 heavy (non-hydrogen) atoms. The molecule has 0 spiro atoms. The molecule has 1 atom stereocenters. The Kier molecular flexibility index (Phi) is 4.82. The van der Waals surface area contributed by atoms with E-state index >= 15 is 0 Å². The Bertz CT molecular complexity index is 920. The first-order chi connectivity index (χ1) is 13.2. The molecule has 0 bridgehead atoms. The average Bonchev–Trinajstić information content (AvgIpc) is 3.22. The molecule has 2 amide bonds. The molecule has 7 heteroatoms. The smallest absolute Gasteiger partial charge is 0.243 e. The van der Waals surface area contributed by atoms with Gasteiger partial charge in [-0.25, -0.2) is 0 Å². The van der Waals surface area contributed by atoms with Crippen LogP contribution in [0.25, 0.3) is 11.0 Å². The topological polar surface area (TPSA) is 80.1 Å². The van der Waals surface area contributed by atoms with Crippen molar-refractivity contribution in [1.29, 1.82) is 0 Å². The Morgan fingerprint density at radius 1 is 1.04 bits per heavy atom. The number of aromatic nitrogens is 3. The van der Waals surface area contributed by atoms with Crippen LogP contribution in [0.4, 0.5) is 0 Å². The Morgan fingerprint density at radius 3 is 2.41 bits per heavy atom. The van der Waals surface area contributed by atoms with Gasteiger partial charge in [0, 0.05) is 19.5 Å². The zero-order valence-corrected chi connectivity index (χ0v) is 14.9. The van der Waals surface area contributed by atoms with E-state index in [9.17, 15) is 9.59 Å². The second-order valence-corrected chi connectivity index (χ2v) is 6.76. The van der Waals surface area contributed by atoms with E-state index in [0.29, 0.717) is 19.5 Å². The molecule has 1 aromatic heterocycles. The number of carbonyl (C=O) groups excluding carboxylic acids is 2. The first-order valence-electron chi connectivity index (χ1n) is 9.08. The minimum Gasteiger partial charge on any atom is -0.349 e. The maximum absolute atomic E-state index is 12.3. The lowest BCUT2D eigenvalue weighted by Gasteiger charge is -2.17. The fourth-order valence-corrected chi connectivity index (χ4v) is 3.37. The molecule has 1 aliphatic rings. The van der Waals surface area contributed by atoms with E-state index in [-0.39, 0.29) is 24.4 Å². The van der Waals surface area contributed by atoms with Gasteiger partial charge in [-0.3, -0.25) is 9.59 Å². The fraction of sp³-hybridized carbons (Fsp3) is 0.300. The number of rotatable bonds is 6. The third-order valence-electron chi connectivity index (χ3n) is 4.71. The molecule has 1 aliphatic heterocycles. The number of fused-ring (bicyclic) bond motifs is 1. The lowest BCUT2D eigenvalue weighted by molar-refractivity contribution is -0.127. The van der Waals surface area contributed by atoms with Crippen LogP contribution in [0.15, 0.2) is 54.6 Å². The van der Waals surface area contributed by atoms with Crippen molar-refractivity contribution >= 4 is 22.8 Å². The number of benzene rings is 2. The summed E-state index contributed by atoms with van der Waals surface area (Å²) in [7, 11) is 0. The summed E-state index contributed by atoms with van der Waals surface area (Å²) in [6, 6.07) is 17.4. The highest BCUT2D eigenvalue weighted by molar-refractivity contribution is 5.82. The zero-order chi connectivity index (χ0) is 18.6. The van der Waals surface area contributed by atoms with E-state index < -0.39 is 0 Å². The number of hydrogen-bond donors (Lipinski definition) is 1. The van der Waals surface area contributed by atoms with Gasteiger partial charge in [0.2, 0.25) is 11.8 Å². The van der Waals surface area contributed by atoms with Crippen LogP contribution in [0.2, 0.25) is 0 Å². The van der Waals surface area contributed by atoms with Crippen molar-refractivity contribution in [3.8, 4) is 0 Å². The van der Waals surface area contributed by atoms with Gasteiger partial charge in [-0.05, 0) is 24.1 Å². The summed E-state index contributed by atoms with van der Waals surface area (Å²) in [6.07, 6.45) is 1.16. The van der Waals surface area contributed by atoms with Crippen LogP contribution in [0.3, 0.4) is 0 Å². The van der Waals surface area contributed by atoms with E-state index in [0.717, 1.165) is 17.5 Å². The van der Waals surface area contributed by atoms with Crippen molar-refractivity contribution in [1.82, 2.24) is 25.2 Å². The fourth-order valence-electron chi connectivity index (χ4n) is 3.37. The summed E-state index contributed by atoms with van der Waals surface area (Å²) in [5.41, 5.74) is 2.72. The number of nitrogens with zero attached hydrogens (tertiary/aromatic N) is 4. The molecule has 4 rings (SSSR count). The van der Waals surface area contributed by atoms with Gasteiger partial charge in [0.05, 0.1) is 6.04 Å². The Morgan fingerprint density at radius 2 is 1.70 bits per heavy atom. The van der Waals surface area contributed by atoms with Gasteiger partial charge in [0.25, 0.3) is 0 Å². The molecule has 1 N–H and O–H groups in total. The van der Waals surface area contributed by atoms with Crippen molar-refractivity contribution in [2.24, 2.45) is 0 Å². The predicted octanol–water partition coefficient (Wildman–Crippen LogP) is 1.39. The van der Waals surface area contributed by atoms with Gasteiger partial charge in [-0.1, -0.05) is 42.5 Å². The van der Waals surface area contributed by atoms with Crippen LogP contribution in [-0.2, 0) is 22.6 Å². The third-order valence-corrected chi connectivity index (χ3v) is 4.71. The van der Waals surface area contributed by atoms with Crippen LogP contribution >= 0.6 is 0 Å². The van der Waals surface area contributed by atoms with Gasteiger partial charge in [0.15, 0.2) is 0 Å². The second-order valence-electron chi connectivity index (χ2n) is 6.76. The number of nitrogens with one attached hydrogen (secondary N) is 1. The van der Waals surface area contributed by atoms with Gasteiger partial charge >= 0.3 is 0 Å². The zero-order valence-electron chi connectivity index (χ0n) is 14.9. The van der Waals surface area contributed by atoms with Crippen LogP contribution in [0.5, 0.6) is 0 Å². The summed E-state index contributed by atoms with van der Waals surface area (Å²) in [4.78, 5) is 27.7. The molecular weight excluding hydrogens is 342 g/mol. The van der Waals surface area contributed by atoms with Gasteiger partial charge in [-0.2, -0.15) is 15.0 Å². The van der Waals surface area contributed by atoms with E-state index in [1.54, 1.807) is 0 Å². The van der Waals surface area contributed by atoms with Gasteiger partial charge < -0.3 is 10.2 Å². The van der Waals surface area contributed by atoms with E-state index in [1.165, 1.54) is 10.4 Å². The van der Waals surface area contributed by atoms with Crippen LogP contribution in [-0.4, -0.2) is 50.8 Å². The minimum absolute atomic E-state index is 0.0450. The lowest BCUT2D eigenvalue weighted by atomic mass is 10.1. The highest BCUT2D eigenvalue weighted by Crippen LogP contribution is 2.13. The summed E-state index contributed by atoms with van der Waals surface area (Å²) >= 11 is 0. The van der Waals surface area contributed by atoms with Crippen molar-refractivity contribution in [2.45, 2.75) is 25.4 Å². The number of likely N-dealkylation sites (tertiary alicyclic amines) is 1. The molecule has 138 valence electrons. The molecule has 7 nitrogen and oxygen atoms in total. The number of carbonyl (C=O) groups is 2. The molecule has 0 radical (unpaired) electrons. The Hall–Kier alpha value is -3.22.